The zero-order valence-electron chi connectivity index (χ0n) is 9.83. The topological polar surface area (TPSA) is 21.3 Å². The van der Waals surface area contributed by atoms with Crippen LogP contribution in [0.3, 0.4) is 0 Å². The molecule has 1 aliphatic heterocycles. The van der Waals surface area contributed by atoms with Crippen LogP contribution in [0.2, 0.25) is 0 Å². The van der Waals surface area contributed by atoms with Gasteiger partial charge in [0.15, 0.2) is 0 Å². The molecule has 16 heavy (non-hydrogen) atoms. The van der Waals surface area contributed by atoms with E-state index in [1.54, 1.807) is 0 Å². The van der Waals surface area contributed by atoms with E-state index in [4.69, 9.17) is 4.74 Å². The van der Waals surface area contributed by atoms with Gasteiger partial charge >= 0.3 is 0 Å². The van der Waals surface area contributed by atoms with Gasteiger partial charge in [0, 0.05) is 6.54 Å². The van der Waals surface area contributed by atoms with Gasteiger partial charge in [-0.05, 0) is 36.8 Å². The van der Waals surface area contributed by atoms with Crippen LogP contribution in [0.25, 0.3) is 0 Å². The Morgan fingerprint density at radius 2 is 2.12 bits per heavy atom. The minimum atomic E-state index is 0.0113. The third-order valence-electron chi connectivity index (χ3n) is 3.72. The van der Waals surface area contributed by atoms with Gasteiger partial charge in [-0.25, -0.2) is 0 Å². The highest BCUT2D eigenvalue weighted by Crippen LogP contribution is 2.44. The van der Waals surface area contributed by atoms with Crippen LogP contribution in [0.4, 0.5) is 0 Å². The van der Waals surface area contributed by atoms with Crippen molar-refractivity contribution in [1.82, 2.24) is 5.32 Å². The molecule has 1 atom stereocenters. The number of hydrogen-bond acceptors (Lipinski definition) is 2. The van der Waals surface area contributed by atoms with Crippen molar-refractivity contribution in [3.8, 4) is 0 Å². The molecule has 0 amide bonds. The van der Waals surface area contributed by atoms with Gasteiger partial charge in [-0.3, -0.25) is 0 Å². The highest BCUT2D eigenvalue weighted by molar-refractivity contribution is 5.38. The molecule has 2 fully saturated rings. The average Bonchev–Trinajstić information content (AvgIpc) is 3.14. The summed E-state index contributed by atoms with van der Waals surface area (Å²) in [6.45, 7) is 4.83. The second-order valence-corrected chi connectivity index (χ2v) is 5.17. The first-order valence-electron chi connectivity index (χ1n) is 6.22. The third-order valence-corrected chi connectivity index (χ3v) is 3.72. The Balaban J connectivity index is 1.97. The molecule has 1 aromatic carbocycles. The van der Waals surface area contributed by atoms with E-state index in [-0.39, 0.29) is 5.54 Å². The SMILES string of the molecule is CC1(c2ccccc2C2CC2)COCCN1. The molecule has 1 saturated heterocycles. The van der Waals surface area contributed by atoms with Gasteiger partial charge < -0.3 is 10.1 Å². The molecule has 1 aromatic rings. The molecule has 1 aliphatic carbocycles. The fourth-order valence-corrected chi connectivity index (χ4v) is 2.65. The van der Waals surface area contributed by atoms with E-state index >= 15 is 0 Å². The Bertz CT molecular complexity index is 378. The van der Waals surface area contributed by atoms with E-state index in [1.807, 2.05) is 0 Å². The molecule has 1 N–H and O–H groups in total. The minimum Gasteiger partial charge on any atom is -0.378 e. The van der Waals surface area contributed by atoms with Crippen LogP contribution in [0.1, 0.15) is 36.8 Å². The number of hydrogen-bond donors (Lipinski definition) is 1. The predicted molar refractivity (Wildman–Crippen MR) is 64.6 cm³/mol. The molecule has 0 bridgehead atoms. The van der Waals surface area contributed by atoms with E-state index in [0.717, 1.165) is 25.7 Å². The lowest BCUT2D eigenvalue weighted by molar-refractivity contribution is 0.0335. The average molecular weight is 217 g/mol. The highest BCUT2D eigenvalue weighted by atomic mass is 16.5. The van der Waals surface area contributed by atoms with Gasteiger partial charge in [-0.1, -0.05) is 24.3 Å². The Morgan fingerprint density at radius 1 is 1.31 bits per heavy atom. The van der Waals surface area contributed by atoms with Gasteiger partial charge in [0.05, 0.1) is 18.8 Å². The van der Waals surface area contributed by atoms with Crippen LogP contribution in [0.15, 0.2) is 24.3 Å². The van der Waals surface area contributed by atoms with E-state index < -0.39 is 0 Å². The van der Waals surface area contributed by atoms with E-state index in [9.17, 15) is 0 Å². The zero-order valence-corrected chi connectivity index (χ0v) is 9.83. The summed E-state index contributed by atoms with van der Waals surface area (Å²) in [5, 5.41) is 3.61. The van der Waals surface area contributed by atoms with Gasteiger partial charge in [0.1, 0.15) is 0 Å². The first-order chi connectivity index (χ1) is 7.80. The number of nitrogens with one attached hydrogen (secondary N) is 1. The summed E-state index contributed by atoms with van der Waals surface area (Å²) in [5.74, 6) is 0.803. The standard InChI is InChI=1S/C14H19NO/c1-14(10-16-9-8-15-14)13-5-3-2-4-12(13)11-6-7-11/h2-5,11,15H,6-10H2,1H3. The molecule has 1 heterocycles. The summed E-state index contributed by atoms with van der Waals surface area (Å²) in [6.07, 6.45) is 2.71. The first-order valence-corrected chi connectivity index (χ1v) is 6.22. The number of ether oxygens (including phenoxy) is 1. The lowest BCUT2D eigenvalue weighted by Crippen LogP contribution is -2.49. The number of morpholine rings is 1. The maximum absolute atomic E-state index is 5.63. The summed E-state index contributed by atoms with van der Waals surface area (Å²) in [4.78, 5) is 0. The van der Waals surface area contributed by atoms with Crippen molar-refractivity contribution in [1.29, 1.82) is 0 Å². The molecular formula is C14H19NO. The maximum Gasteiger partial charge on any atom is 0.0688 e. The second kappa shape index (κ2) is 3.86. The normalized spacial score (nSPS) is 30.3. The van der Waals surface area contributed by atoms with Gasteiger partial charge in [0.25, 0.3) is 0 Å². The smallest absolute Gasteiger partial charge is 0.0688 e. The zero-order chi connectivity index (χ0) is 11.0. The number of benzene rings is 1. The first kappa shape index (κ1) is 10.3. The minimum absolute atomic E-state index is 0.0113. The van der Waals surface area contributed by atoms with Crippen LogP contribution >= 0.6 is 0 Å². The van der Waals surface area contributed by atoms with E-state index in [1.165, 1.54) is 24.0 Å². The Hall–Kier alpha value is -0.860. The third kappa shape index (κ3) is 1.76. The molecule has 0 radical (unpaired) electrons. The van der Waals surface area contributed by atoms with Gasteiger partial charge in [-0.2, -0.15) is 0 Å². The quantitative estimate of drug-likeness (QED) is 0.821. The van der Waals surface area contributed by atoms with Gasteiger partial charge in [0.2, 0.25) is 0 Å². The molecule has 0 spiro atoms. The number of rotatable bonds is 2. The van der Waals surface area contributed by atoms with Crippen molar-refractivity contribution in [3.63, 3.8) is 0 Å². The summed E-state index contributed by atoms with van der Waals surface area (Å²) in [5.41, 5.74) is 2.98. The van der Waals surface area contributed by atoms with Crippen LogP contribution in [0, 0.1) is 0 Å². The van der Waals surface area contributed by atoms with E-state index in [2.05, 4.69) is 36.5 Å². The largest absolute Gasteiger partial charge is 0.378 e. The predicted octanol–water partition coefficient (Wildman–Crippen LogP) is 2.40. The Morgan fingerprint density at radius 3 is 2.81 bits per heavy atom. The molecule has 2 aliphatic rings. The Labute approximate surface area is 97.0 Å². The van der Waals surface area contributed by atoms with Crippen LogP contribution in [-0.2, 0) is 10.3 Å². The van der Waals surface area contributed by atoms with Gasteiger partial charge in [-0.15, -0.1) is 0 Å². The molecule has 2 heteroatoms. The lowest BCUT2D eigenvalue weighted by atomic mass is 9.86. The highest BCUT2D eigenvalue weighted by Gasteiger charge is 2.35. The summed E-state index contributed by atoms with van der Waals surface area (Å²) < 4.78 is 5.63. The van der Waals surface area contributed by atoms with Crippen molar-refractivity contribution in [2.24, 2.45) is 0 Å². The lowest BCUT2D eigenvalue weighted by Gasteiger charge is -2.36. The molecule has 0 aromatic heterocycles. The van der Waals surface area contributed by atoms with Crippen molar-refractivity contribution in [2.45, 2.75) is 31.2 Å². The molecule has 1 unspecified atom stereocenters. The van der Waals surface area contributed by atoms with Crippen LogP contribution in [-0.4, -0.2) is 19.8 Å². The maximum atomic E-state index is 5.63. The Kier molecular flexibility index (Phi) is 2.49. The second-order valence-electron chi connectivity index (χ2n) is 5.17. The van der Waals surface area contributed by atoms with Crippen molar-refractivity contribution in [2.75, 3.05) is 19.8 Å². The fourth-order valence-electron chi connectivity index (χ4n) is 2.65. The molecule has 86 valence electrons. The summed E-state index contributed by atoms with van der Waals surface area (Å²) >= 11 is 0. The van der Waals surface area contributed by atoms with Crippen molar-refractivity contribution >= 4 is 0 Å². The molecule has 2 nitrogen and oxygen atoms in total. The van der Waals surface area contributed by atoms with Crippen LogP contribution < -0.4 is 5.32 Å². The summed E-state index contributed by atoms with van der Waals surface area (Å²) in [7, 11) is 0. The monoisotopic (exact) mass is 217 g/mol. The molecule has 1 saturated carbocycles. The van der Waals surface area contributed by atoms with Crippen molar-refractivity contribution < 1.29 is 4.74 Å². The summed E-state index contributed by atoms with van der Waals surface area (Å²) in [6, 6.07) is 8.84. The molecule has 3 rings (SSSR count). The van der Waals surface area contributed by atoms with E-state index in [0.29, 0.717) is 0 Å². The fraction of sp³-hybridized carbons (Fsp3) is 0.571. The van der Waals surface area contributed by atoms with Crippen LogP contribution in [0.5, 0.6) is 0 Å². The molecular weight excluding hydrogens is 198 g/mol. The van der Waals surface area contributed by atoms with Crippen molar-refractivity contribution in [3.05, 3.63) is 35.4 Å².